The molecular weight excluding hydrogens is 204 g/mol. The molecule has 0 unspecified atom stereocenters. The Hall–Kier alpha value is -1.48. The van der Waals surface area contributed by atoms with Gasteiger partial charge >= 0.3 is 5.97 Å². The fourth-order valence-electron chi connectivity index (χ4n) is 1.05. The maximum atomic E-state index is 10.3. The maximum Gasteiger partial charge on any atom is 0.328 e. The summed E-state index contributed by atoms with van der Waals surface area (Å²) in [4.78, 5) is 10.3. The molecule has 3 nitrogen and oxygen atoms in total. The fraction of sp³-hybridized carbons (Fsp3) is 0.100. The lowest BCUT2D eigenvalue weighted by molar-refractivity contribution is -0.131. The first-order valence-corrected chi connectivity index (χ1v) is 4.28. The highest BCUT2D eigenvalue weighted by atomic mass is 35.5. The van der Waals surface area contributed by atoms with Gasteiger partial charge in [0.15, 0.2) is 0 Å². The molecule has 14 heavy (non-hydrogen) atoms. The van der Waals surface area contributed by atoms with Gasteiger partial charge < -0.3 is 10.2 Å². The third-order valence-corrected chi connectivity index (χ3v) is 1.92. The number of carbonyl (C=O) groups is 1. The van der Waals surface area contributed by atoms with Crippen molar-refractivity contribution in [1.82, 2.24) is 0 Å². The molecule has 1 aromatic rings. The van der Waals surface area contributed by atoms with Gasteiger partial charge in [0.1, 0.15) is 5.75 Å². The molecular formula is C10H9ClO3. The Morgan fingerprint density at radius 2 is 2.14 bits per heavy atom. The number of halogens is 1. The first-order valence-electron chi connectivity index (χ1n) is 3.91. The summed E-state index contributed by atoms with van der Waals surface area (Å²) in [5, 5.41) is 18.4. The van der Waals surface area contributed by atoms with Gasteiger partial charge in [-0.05, 0) is 30.7 Å². The number of rotatable bonds is 2. The second kappa shape index (κ2) is 4.15. The molecule has 0 aromatic heterocycles. The topological polar surface area (TPSA) is 57.5 Å². The molecule has 0 amide bonds. The lowest BCUT2D eigenvalue weighted by atomic mass is 10.1. The Labute approximate surface area is 86.3 Å². The highest BCUT2D eigenvalue weighted by Crippen LogP contribution is 2.27. The first kappa shape index (κ1) is 10.6. The van der Waals surface area contributed by atoms with Crippen LogP contribution in [0.4, 0.5) is 0 Å². The number of carboxylic acid groups (broad SMARTS) is 1. The number of hydrogen-bond acceptors (Lipinski definition) is 2. The molecule has 0 radical (unpaired) electrons. The Balaban J connectivity index is 3.14. The molecule has 0 aliphatic rings. The second-order valence-corrected chi connectivity index (χ2v) is 3.27. The Morgan fingerprint density at radius 3 is 2.71 bits per heavy atom. The highest BCUT2D eigenvalue weighted by molar-refractivity contribution is 6.30. The molecule has 0 fully saturated rings. The number of phenols is 1. The number of benzene rings is 1. The van der Waals surface area contributed by atoms with Gasteiger partial charge in [-0.15, -0.1) is 0 Å². The lowest BCUT2D eigenvalue weighted by Gasteiger charge is -2.03. The van der Waals surface area contributed by atoms with Crippen molar-refractivity contribution in [2.45, 2.75) is 6.92 Å². The predicted molar refractivity (Wildman–Crippen MR) is 54.5 cm³/mol. The van der Waals surface area contributed by atoms with Crippen LogP contribution in [0.1, 0.15) is 11.1 Å². The zero-order chi connectivity index (χ0) is 10.7. The van der Waals surface area contributed by atoms with E-state index in [0.29, 0.717) is 16.1 Å². The van der Waals surface area contributed by atoms with Crippen LogP contribution in [-0.2, 0) is 4.79 Å². The van der Waals surface area contributed by atoms with Crippen LogP contribution in [0.2, 0.25) is 5.02 Å². The first-order chi connectivity index (χ1) is 6.50. The number of aliphatic carboxylic acids is 1. The Kier molecular flexibility index (Phi) is 3.14. The van der Waals surface area contributed by atoms with Crippen LogP contribution in [0.15, 0.2) is 18.2 Å². The average Bonchev–Trinajstić information content (AvgIpc) is 2.08. The molecule has 0 aliphatic heterocycles. The quantitative estimate of drug-likeness (QED) is 0.741. The van der Waals surface area contributed by atoms with Crippen LogP contribution < -0.4 is 0 Å². The summed E-state index contributed by atoms with van der Waals surface area (Å²) >= 11 is 5.74. The third kappa shape index (κ3) is 2.50. The monoisotopic (exact) mass is 212 g/mol. The minimum Gasteiger partial charge on any atom is -0.507 e. The number of hydrogen-bond donors (Lipinski definition) is 2. The van der Waals surface area contributed by atoms with Gasteiger partial charge in [-0.25, -0.2) is 4.79 Å². The third-order valence-electron chi connectivity index (χ3n) is 1.70. The van der Waals surface area contributed by atoms with E-state index in [1.807, 2.05) is 0 Å². The van der Waals surface area contributed by atoms with Crippen molar-refractivity contribution in [3.8, 4) is 5.75 Å². The standard InChI is InChI=1S/C10H9ClO3/c1-6-4-8(11)5-7(10(6)14)2-3-9(12)13/h2-5,14H,1H3,(H,12,13)/b3-2+. The fourth-order valence-corrected chi connectivity index (χ4v) is 1.33. The SMILES string of the molecule is Cc1cc(Cl)cc(/C=C/C(=O)O)c1O. The van der Waals surface area contributed by atoms with E-state index in [0.717, 1.165) is 6.08 Å². The minimum absolute atomic E-state index is 0.0481. The molecule has 4 heteroatoms. The summed E-state index contributed by atoms with van der Waals surface area (Å²) in [5.74, 6) is -1.02. The summed E-state index contributed by atoms with van der Waals surface area (Å²) in [6.07, 6.45) is 2.25. The molecule has 0 spiro atoms. The molecule has 2 N–H and O–H groups in total. The van der Waals surface area contributed by atoms with Gasteiger partial charge in [-0.1, -0.05) is 11.6 Å². The molecule has 0 atom stereocenters. The van der Waals surface area contributed by atoms with E-state index < -0.39 is 5.97 Å². The maximum absolute atomic E-state index is 10.3. The number of carboxylic acids is 1. The zero-order valence-electron chi connectivity index (χ0n) is 7.49. The van der Waals surface area contributed by atoms with Gasteiger partial charge in [0, 0.05) is 16.7 Å². The summed E-state index contributed by atoms with van der Waals surface area (Å²) in [6.45, 7) is 1.69. The number of phenolic OH excluding ortho intramolecular Hbond substituents is 1. The van der Waals surface area contributed by atoms with Crippen molar-refractivity contribution in [2.24, 2.45) is 0 Å². The van der Waals surface area contributed by atoms with Gasteiger partial charge in [0.05, 0.1) is 0 Å². The zero-order valence-corrected chi connectivity index (χ0v) is 8.25. The number of aryl methyl sites for hydroxylation is 1. The lowest BCUT2D eigenvalue weighted by Crippen LogP contribution is -1.87. The summed E-state index contributed by atoms with van der Waals surface area (Å²) < 4.78 is 0. The summed E-state index contributed by atoms with van der Waals surface area (Å²) in [5.41, 5.74) is 1.01. The second-order valence-electron chi connectivity index (χ2n) is 2.83. The molecule has 1 rings (SSSR count). The average molecular weight is 213 g/mol. The normalized spacial score (nSPS) is 10.7. The van der Waals surface area contributed by atoms with Crippen molar-refractivity contribution in [1.29, 1.82) is 0 Å². The molecule has 74 valence electrons. The molecule has 1 aromatic carbocycles. The van der Waals surface area contributed by atoms with E-state index in [9.17, 15) is 9.90 Å². The number of aromatic hydroxyl groups is 1. The van der Waals surface area contributed by atoms with Crippen molar-refractivity contribution < 1.29 is 15.0 Å². The van der Waals surface area contributed by atoms with Gasteiger partial charge in [-0.2, -0.15) is 0 Å². The van der Waals surface area contributed by atoms with E-state index in [-0.39, 0.29) is 5.75 Å². The Bertz CT molecular complexity index is 397. The molecule has 0 bridgehead atoms. The van der Waals surface area contributed by atoms with E-state index >= 15 is 0 Å². The van der Waals surface area contributed by atoms with Gasteiger partial charge in [0.2, 0.25) is 0 Å². The van der Waals surface area contributed by atoms with Crippen molar-refractivity contribution >= 4 is 23.6 Å². The van der Waals surface area contributed by atoms with Crippen molar-refractivity contribution in [3.05, 3.63) is 34.4 Å². The largest absolute Gasteiger partial charge is 0.507 e. The molecule has 0 saturated carbocycles. The summed E-state index contributed by atoms with van der Waals surface area (Å²) in [7, 11) is 0. The predicted octanol–water partition coefficient (Wildman–Crippen LogP) is 2.45. The van der Waals surface area contributed by atoms with Crippen LogP contribution >= 0.6 is 11.6 Å². The van der Waals surface area contributed by atoms with E-state index in [1.54, 1.807) is 13.0 Å². The van der Waals surface area contributed by atoms with Crippen LogP contribution in [0.25, 0.3) is 6.08 Å². The van der Waals surface area contributed by atoms with E-state index in [2.05, 4.69) is 0 Å². The van der Waals surface area contributed by atoms with Crippen LogP contribution in [0, 0.1) is 6.92 Å². The van der Waals surface area contributed by atoms with E-state index in [4.69, 9.17) is 16.7 Å². The van der Waals surface area contributed by atoms with E-state index in [1.165, 1.54) is 12.1 Å². The highest BCUT2D eigenvalue weighted by Gasteiger charge is 2.03. The summed E-state index contributed by atoms with van der Waals surface area (Å²) in [6, 6.07) is 3.11. The molecule has 0 saturated heterocycles. The van der Waals surface area contributed by atoms with Gasteiger partial charge in [0.25, 0.3) is 0 Å². The molecule has 0 aliphatic carbocycles. The van der Waals surface area contributed by atoms with Crippen LogP contribution in [0.5, 0.6) is 5.75 Å². The van der Waals surface area contributed by atoms with Crippen LogP contribution in [-0.4, -0.2) is 16.2 Å². The minimum atomic E-state index is -1.07. The van der Waals surface area contributed by atoms with Crippen molar-refractivity contribution in [3.63, 3.8) is 0 Å². The van der Waals surface area contributed by atoms with Crippen molar-refractivity contribution in [2.75, 3.05) is 0 Å². The van der Waals surface area contributed by atoms with Gasteiger partial charge in [-0.3, -0.25) is 0 Å². The molecule has 0 heterocycles. The smallest absolute Gasteiger partial charge is 0.328 e. The Morgan fingerprint density at radius 1 is 1.50 bits per heavy atom. The van der Waals surface area contributed by atoms with Crippen LogP contribution in [0.3, 0.4) is 0 Å².